The fraction of sp³-hybridized carbons (Fsp3) is 0.462. The molecule has 0 radical (unpaired) electrons. The summed E-state index contributed by atoms with van der Waals surface area (Å²) in [6.07, 6.45) is -1.44. The number of hydrogen-bond acceptors (Lipinski definition) is 5. The number of aromatic nitrogens is 2. The van der Waals surface area contributed by atoms with Gasteiger partial charge >= 0.3 is 6.18 Å². The van der Waals surface area contributed by atoms with Crippen LogP contribution in [0.5, 0.6) is 5.88 Å². The van der Waals surface area contributed by atoms with Gasteiger partial charge in [-0.3, -0.25) is 4.79 Å². The molecule has 1 fully saturated rings. The lowest BCUT2D eigenvalue weighted by molar-refractivity contribution is -0.184. The van der Waals surface area contributed by atoms with E-state index in [0.717, 1.165) is 10.9 Å². The van der Waals surface area contributed by atoms with Crippen LogP contribution >= 0.6 is 0 Å². The number of aryl methyl sites for hydroxylation is 1. The van der Waals surface area contributed by atoms with Crippen LogP contribution in [0.15, 0.2) is 47.5 Å². The van der Waals surface area contributed by atoms with E-state index in [1.807, 2.05) is 0 Å². The third kappa shape index (κ3) is 6.08. The molecule has 4 rings (SSSR count). The number of hydrogen-bond donors (Lipinski definition) is 1. The predicted octanol–water partition coefficient (Wildman–Crippen LogP) is 5.04. The van der Waals surface area contributed by atoms with Crippen LogP contribution in [-0.2, 0) is 23.4 Å². The number of carbonyl (C=O) groups is 1. The maximum atomic E-state index is 12.9. The summed E-state index contributed by atoms with van der Waals surface area (Å²) >= 11 is 0. The summed E-state index contributed by atoms with van der Waals surface area (Å²) < 4.78 is 70.4. The molecule has 0 bridgehead atoms. The monoisotopic (exact) mass is 537 g/mol. The molecule has 1 N–H and O–H groups in total. The number of nitrogens with one attached hydrogen (secondary N) is 1. The molecule has 1 aromatic carbocycles. The van der Waals surface area contributed by atoms with Gasteiger partial charge in [-0.1, -0.05) is 19.1 Å². The van der Waals surface area contributed by atoms with Crippen LogP contribution in [-0.4, -0.2) is 42.4 Å². The molecular weight excluding hydrogens is 507 g/mol. The van der Waals surface area contributed by atoms with Crippen LogP contribution in [0.3, 0.4) is 0 Å². The van der Waals surface area contributed by atoms with Crippen molar-refractivity contribution in [2.75, 3.05) is 12.4 Å². The number of carbonyl (C=O) groups excluding carboxylic acids is 1. The number of sulfone groups is 1. The fourth-order valence-electron chi connectivity index (χ4n) is 4.70. The van der Waals surface area contributed by atoms with Crippen molar-refractivity contribution in [3.63, 3.8) is 0 Å². The Labute approximate surface area is 213 Å². The molecule has 2 heterocycles. The highest BCUT2D eigenvalue weighted by Gasteiger charge is 2.41. The molecule has 11 heteroatoms. The van der Waals surface area contributed by atoms with E-state index in [-0.39, 0.29) is 48.5 Å². The quantitative estimate of drug-likeness (QED) is 0.435. The fourth-order valence-corrected chi connectivity index (χ4v) is 5.58. The van der Waals surface area contributed by atoms with Gasteiger partial charge in [-0.2, -0.15) is 13.2 Å². The van der Waals surface area contributed by atoms with Crippen LogP contribution in [0.2, 0.25) is 0 Å². The first-order valence-electron chi connectivity index (χ1n) is 12.2. The molecule has 1 aliphatic rings. The molecule has 0 aliphatic heterocycles. The van der Waals surface area contributed by atoms with Crippen molar-refractivity contribution in [1.82, 2.24) is 14.9 Å². The van der Waals surface area contributed by atoms with Gasteiger partial charge in [-0.15, -0.1) is 0 Å². The summed E-state index contributed by atoms with van der Waals surface area (Å²) in [6.45, 7) is 2.07. The first-order chi connectivity index (χ1) is 17.5. The van der Waals surface area contributed by atoms with Gasteiger partial charge in [0.15, 0.2) is 9.84 Å². The molecule has 0 saturated heterocycles. The summed E-state index contributed by atoms with van der Waals surface area (Å²) in [5.74, 6) is -1.17. The molecule has 0 atom stereocenters. The number of nitrogens with zero attached hydrogens (tertiary/aromatic N) is 2. The summed E-state index contributed by atoms with van der Waals surface area (Å²) in [5.41, 5.74) is 1.78. The van der Waals surface area contributed by atoms with E-state index in [9.17, 15) is 26.4 Å². The van der Waals surface area contributed by atoms with Crippen LogP contribution < -0.4 is 10.1 Å². The summed E-state index contributed by atoms with van der Waals surface area (Å²) in [6, 6.07) is 9.89. The lowest BCUT2D eigenvalue weighted by Crippen LogP contribution is -2.29. The highest BCUT2D eigenvalue weighted by Crippen LogP contribution is 2.39. The van der Waals surface area contributed by atoms with Crippen molar-refractivity contribution in [3.05, 3.63) is 53.9 Å². The molecule has 3 aromatic rings. The molecule has 1 saturated carbocycles. The van der Waals surface area contributed by atoms with E-state index < -0.39 is 21.9 Å². The number of alkyl halides is 3. The second-order valence-electron chi connectivity index (χ2n) is 9.44. The minimum Gasteiger partial charge on any atom is -0.476 e. The summed E-state index contributed by atoms with van der Waals surface area (Å²) in [5, 5.41) is 3.60. The van der Waals surface area contributed by atoms with Gasteiger partial charge in [0.2, 0.25) is 5.88 Å². The summed E-state index contributed by atoms with van der Waals surface area (Å²) in [4.78, 5) is 17.5. The maximum Gasteiger partial charge on any atom is 0.391 e. The Morgan fingerprint density at radius 1 is 1.14 bits per heavy atom. The van der Waals surface area contributed by atoms with Gasteiger partial charge in [0.25, 0.3) is 5.91 Å². The summed E-state index contributed by atoms with van der Waals surface area (Å²) in [7, 11) is -1.56. The van der Waals surface area contributed by atoms with E-state index in [2.05, 4.69) is 10.3 Å². The highest BCUT2D eigenvalue weighted by molar-refractivity contribution is 7.91. The van der Waals surface area contributed by atoms with Crippen LogP contribution in [0, 0.1) is 11.8 Å². The molecule has 200 valence electrons. The van der Waals surface area contributed by atoms with Crippen LogP contribution in [0.25, 0.3) is 10.9 Å². The van der Waals surface area contributed by atoms with Crippen molar-refractivity contribution in [1.29, 1.82) is 0 Å². The second kappa shape index (κ2) is 10.7. The smallest absolute Gasteiger partial charge is 0.391 e. The van der Waals surface area contributed by atoms with Gasteiger partial charge in [0, 0.05) is 25.2 Å². The maximum absolute atomic E-state index is 12.9. The Morgan fingerprint density at radius 3 is 2.43 bits per heavy atom. The molecule has 37 heavy (non-hydrogen) atoms. The van der Waals surface area contributed by atoms with E-state index in [4.69, 9.17) is 4.74 Å². The number of ether oxygens (including phenoxy) is 1. The van der Waals surface area contributed by atoms with Gasteiger partial charge in [0.05, 0.1) is 23.2 Å². The topological polar surface area (TPSA) is 90.3 Å². The zero-order chi connectivity index (χ0) is 26.8. The third-order valence-electron chi connectivity index (χ3n) is 7.02. The number of pyridine rings is 1. The molecule has 0 spiro atoms. The molecule has 2 aromatic heterocycles. The Bertz CT molecular complexity index is 1360. The zero-order valence-electron chi connectivity index (χ0n) is 20.7. The molecule has 7 nitrogen and oxygen atoms in total. The SMILES string of the molecule is CCS(=O)(=O)c1ccc(CNC(=O)c2cc3ccnc(OCC4CCC(C(F)(F)F)CC4)c3n2C)cc1. The zero-order valence-corrected chi connectivity index (χ0v) is 21.5. The highest BCUT2D eigenvalue weighted by atomic mass is 32.2. The van der Waals surface area contributed by atoms with Gasteiger partial charge in [-0.25, -0.2) is 13.4 Å². The molecule has 1 amide bonds. The van der Waals surface area contributed by atoms with Crippen molar-refractivity contribution >= 4 is 26.6 Å². The van der Waals surface area contributed by atoms with E-state index >= 15 is 0 Å². The Morgan fingerprint density at radius 2 is 1.81 bits per heavy atom. The van der Waals surface area contributed by atoms with Crippen molar-refractivity contribution in [2.24, 2.45) is 18.9 Å². The van der Waals surface area contributed by atoms with Crippen molar-refractivity contribution in [3.8, 4) is 5.88 Å². The predicted molar refractivity (Wildman–Crippen MR) is 133 cm³/mol. The van der Waals surface area contributed by atoms with Gasteiger partial charge < -0.3 is 14.6 Å². The Balaban J connectivity index is 1.40. The largest absolute Gasteiger partial charge is 0.476 e. The second-order valence-corrected chi connectivity index (χ2v) is 11.7. The normalized spacial score (nSPS) is 18.6. The molecule has 1 aliphatic carbocycles. The van der Waals surface area contributed by atoms with Crippen LogP contribution in [0.4, 0.5) is 13.2 Å². The van der Waals surface area contributed by atoms with Crippen LogP contribution in [0.1, 0.15) is 48.7 Å². The third-order valence-corrected chi connectivity index (χ3v) is 8.77. The van der Waals surface area contributed by atoms with Crippen molar-refractivity contribution < 1.29 is 31.1 Å². The number of halogens is 3. The van der Waals surface area contributed by atoms with Crippen molar-refractivity contribution in [2.45, 2.75) is 50.2 Å². The number of benzene rings is 1. The Kier molecular flexibility index (Phi) is 7.82. The standard InChI is InChI=1S/C26H30F3N3O4S/c1-3-37(34,35)21-10-6-17(7-11-21)15-31-24(33)22-14-19-12-13-30-25(23(19)32(22)2)36-16-18-4-8-20(9-5-18)26(27,28)29/h6-7,10-14,18,20H,3-5,8-9,15-16H2,1-2H3,(H,31,33). The Hall–Kier alpha value is -3.08. The number of amides is 1. The van der Waals surface area contributed by atoms with Gasteiger partial charge in [0.1, 0.15) is 11.2 Å². The number of fused-ring (bicyclic) bond motifs is 1. The lowest BCUT2D eigenvalue weighted by atomic mass is 9.82. The van der Waals surface area contributed by atoms with E-state index in [1.165, 1.54) is 12.1 Å². The molecule has 0 unspecified atom stereocenters. The first kappa shape index (κ1) is 27.0. The molecular formula is C26H30F3N3O4S. The van der Waals surface area contributed by atoms with Gasteiger partial charge in [-0.05, 0) is 61.4 Å². The minimum atomic E-state index is -4.14. The average molecular weight is 538 g/mol. The first-order valence-corrected chi connectivity index (χ1v) is 13.9. The van der Waals surface area contributed by atoms with E-state index in [1.54, 1.807) is 49.0 Å². The van der Waals surface area contributed by atoms with E-state index in [0.29, 0.717) is 29.9 Å². The number of rotatable bonds is 8. The lowest BCUT2D eigenvalue weighted by Gasteiger charge is -2.29. The minimum absolute atomic E-state index is 0.0177. The average Bonchev–Trinajstić information content (AvgIpc) is 3.23.